The number of nitrogens with one attached hydrogen (secondary N) is 1. The van der Waals surface area contributed by atoms with E-state index in [-0.39, 0.29) is 11.7 Å². The SMILES string of the molecule is C#CC(CC)Nc1ncc([N+](=O)[O-])cc1C. The van der Waals surface area contributed by atoms with Gasteiger partial charge < -0.3 is 5.32 Å². The molecule has 1 rings (SSSR count). The molecule has 0 amide bonds. The second kappa shape index (κ2) is 5.12. The van der Waals surface area contributed by atoms with Gasteiger partial charge in [0.2, 0.25) is 0 Å². The van der Waals surface area contributed by atoms with E-state index in [0.29, 0.717) is 11.4 Å². The lowest BCUT2D eigenvalue weighted by molar-refractivity contribution is -0.385. The molecule has 1 unspecified atom stereocenters. The Balaban J connectivity index is 2.92. The topological polar surface area (TPSA) is 68.1 Å². The van der Waals surface area contributed by atoms with Crippen molar-refractivity contribution in [3.05, 3.63) is 27.9 Å². The lowest BCUT2D eigenvalue weighted by atomic mass is 10.2. The van der Waals surface area contributed by atoms with E-state index < -0.39 is 4.92 Å². The number of aryl methyl sites for hydroxylation is 1. The molecule has 5 nitrogen and oxygen atoms in total. The minimum atomic E-state index is -0.470. The van der Waals surface area contributed by atoms with E-state index in [1.54, 1.807) is 6.92 Å². The summed E-state index contributed by atoms with van der Waals surface area (Å²) in [6, 6.07) is 1.37. The first-order valence-electron chi connectivity index (χ1n) is 4.92. The average Bonchev–Trinajstić information content (AvgIpc) is 2.27. The molecule has 0 aliphatic rings. The summed E-state index contributed by atoms with van der Waals surface area (Å²) < 4.78 is 0. The molecule has 0 fully saturated rings. The van der Waals surface area contributed by atoms with E-state index in [2.05, 4.69) is 16.2 Å². The van der Waals surface area contributed by atoms with Crippen molar-refractivity contribution in [3.63, 3.8) is 0 Å². The fourth-order valence-corrected chi connectivity index (χ4v) is 1.24. The molecular formula is C11H13N3O2. The second-order valence-corrected chi connectivity index (χ2v) is 3.39. The third kappa shape index (κ3) is 2.70. The van der Waals surface area contributed by atoms with Gasteiger partial charge in [-0.15, -0.1) is 6.42 Å². The van der Waals surface area contributed by atoms with Gasteiger partial charge in [0.1, 0.15) is 12.0 Å². The maximum atomic E-state index is 10.5. The van der Waals surface area contributed by atoms with Crippen LogP contribution in [0.1, 0.15) is 18.9 Å². The smallest absolute Gasteiger partial charge is 0.287 e. The average molecular weight is 219 g/mol. The molecule has 0 saturated heterocycles. The van der Waals surface area contributed by atoms with Crippen LogP contribution >= 0.6 is 0 Å². The van der Waals surface area contributed by atoms with E-state index in [1.165, 1.54) is 12.3 Å². The second-order valence-electron chi connectivity index (χ2n) is 3.39. The Morgan fingerprint density at radius 3 is 2.88 bits per heavy atom. The van der Waals surface area contributed by atoms with E-state index in [9.17, 15) is 10.1 Å². The molecule has 1 heterocycles. The summed E-state index contributed by atoms with van der Waals surface area (Å²) in [5.41, 5.74) is 0.694. The first-order chi connectivity index (χ1) is 7.58. The van der Waals surface area contributed by atoms with Crippen molar-refractivity contribution >= 4 is 11.5 Å². The molecular weight excluding hydrogens is 206 g/mol. The molecule has 0 saturated carbocycles. The monoisotopic (exact) mass is 219 g/mol. The Labute approximate surface area is 94.0 Å². The number of pyridine rings is 1. The first kappa shape index (κ1) is 12.0. The van der Waals surface area contributed by atoms with Gasteiger partial charge in [-0.2, -0.15) is 0 Å². The number of anilines is 1. The zero-order valence-electron chi connectivity index (χ0n) is 9.23. The Morgan fingerprint density at radius 1 is 1.75 bits per heavy atom. The molecule has 1 aromatic rings. The third-order valence-electron chi connectivity index (χ3n) is 2.20. The van der Waals surface area contributed by atoms with Crippen molar-refractivity contribution < 1.29 is 4.92 Å². The molecule has 0 aliphatic heterocycles. The molecule has 1 aromatic heterocycles. The van der Waals surface area contributed by atoms with Gasteiger partial charge in [0.15, 0.2) is 0 Å². The number of nitrogens with zero attached hydrogens (tertiary/aromatic N) is 2. The van der Waals surface area contributed by atoms with E-state index in [0.717, 1.165) is 6.42 Å². The summed E-state index contributed by atoms with van der Waals surface area (Å²) in [6.07, 6.45) is 7.30. The predicted octanol–water partition coefficient (Wildman–Crippen LogP) is 2.12. The minimum Gasteiger partial charge on any atom is -0.356 e. The van der Waals surface area contributed by atoms with Gasteiger partial charge in [0.05, 0.1) is 11.0 Å². The van der Waals surface area contributed by atoms with Crippen LogP contribution in [-0.2, 0) is 0 Å². The van der Waals surface area contributed by atoms with Crippen LogP contribution in [-0.4, -0.2) is 15.9 Å². The maximum absolute atomic E-state index is 10.5. The summed E-state index contributed by atoms with van der Waals surface area (Å²) in [4.78, 5) is 14.0. The van der Waals surface area contributed by atoms with Gasteiger partial charge in [0.25, 0.3) is 5.69 Å². The van der Waals surface area contributed by atoms with E-state index in [1.807, 2.05) is 6.92 Å². The van der Waals surface area contributed by atoms with Gasteiger partial charge in [-0.3, -0.25) is 10.1 Å². The highest BCUT2D eigenvalue weighted by molar-refractivity contribution is 5.49. The third-order valence-corrected chi connectivity index (χ3v) is 2.20. The molecule has 0 aliphatic carbocycles. The lowest BCUT2D eigenvalue weighted by Crippen LogP contribution is -2.17. The summed E-state index contributed by atoms with van der Waals surface area (Å²) >= 11 is 0. The van der Waals surface area contributed by atoms with Crippen LogP contribution in [0.4, 0.5) is 11.5 Å². The van der Waals surface area contributed by atoms with Crippen LogP contribution < -0.4 is 5.32 Å². The number of nitro groups is 1. The molecule has 5 heteroatoms. The Kier molecular flexibility index (Phi) is 3.84. The van der Waals surface area contributed by atoms with E-state index >= 15 is 0 Å². The van der Waals surface area contributed by atoms with Crippen LogP contribution in [0.2, 0.25) is 0 Å². The highest BCUT2D eigenvalue weighted by Crippen LogP contribution is 2.18. The summed E-state index contributed by atoms with van der Waals surface area (Å²) in [7, 11) is 0. The summed E-state index contributed by atoms with van der Waals surface area (Å²) in [5, 5.41) is 13.6. The number of terminal acetylenes is 1. The highest BCUT2D eigenvalue weighted by atomic mass is 16.6. The molecule has 16 heavy (non-hydrogen) atoms. The number of hydrogen-bond acceptors (Lipinski definition) is 4. The van der Waals surface area contributed by atoms with Crippen LogP contribution in [0.25, 0.3) is 0 Å². The molecule has 1 atom stereocenters. The Morgan fingerprint density at radius 2 is 2.44 bits per heavy atom. The summed E-state index contributed by atoms with van der Waals surface area (Å²) in [6.45, 7) is 3.71. The molecule has 84 valence electrons. The molecule has 0 bridgehead atoms. The standard InChI is InChI=1S/C11H13N3O2/c1-4-9(5-2)13-11-8(3)6-10(7-12-11)14(15)16/h1,6-7,9H,5H2,2-3H3,(H,12,13). The zero-order chi connectivity index (χ0) is 12.1. The molecule has 0 radical (unpaired) electrons. The fraction of sp³-hybridized carbons (Fsp3) is 0.364. The normalized spacial score (nSPS) is 11.6. The van der Waals surface area contributed by atoms with Gasteiger partial charge in [0, 0.05) is 6.07 Å². The van der Waals surface area contributed by atoms with Gasteiger partial charge in [-0.05, 0) is 18.9 Å². The molecule has 0 spiro atoms. The van der Waals surface area contributed by atoms with Crippen LogP contribution in [0.15, 0.2) is 12.3 Å². The van der Waals surface area contributed by atoms with Crippen molar-refractivity contribution in [2.75, 3.05) is 5.32 Å². The Hall–Kier alpha value is -2.09. The van der Waals surface area contributed by atoms with Crippen LogP contribution in [0, 0.1) is 29.4 Å². The van der Waals surface area contributed by atoms with Crippen LogP contribution in [0.3, 0.4) is 0 Å². The molecule has 1 N–H and O–H groups in total. The maximum Gasteiger partial charge on any atom is 0.287 e. The van der Waals surface area contributed by atoms with Crippen molar-refractivity contribution in [2.45, 2.75) is 26.3 Å². The first-order valence-corrected chi connectivity index (χ1v) is 4.92. The Bertz CT molecular complexity index is 437. The molecule has 0 aromatic carbocycles. The largest absolute Gasteiger partial charge is 0.356 e. The number of hydrogen-bond donors (Lipinski definition) is 1. The van der Waals surface area contributed by atoms with Crippen molar-refractivity contribution in [3.8, 4) is 12.3 Å². The quantitative estimate of drug-likeness (QED) is 0.478. The minimum absolute atomic E-state index is 0.0168. The summed E-state index contributed by atoms with van der Waals surface area (Å²) in [5.74, 6) is 3.17. The lowest BCUT2D eigenvalue weighted by Gasteiger charge is -2.12. The van der Waals surface area contributed by atoms with Crippen molar-refractivity contribution in [1.82, 2.24) is 4.98 Å². The van der Waals surface area contributed by atoms with Gasteiger partial charge >= 0.3 is 0 Å². The van der Waals surface area contributed by atoms with Gasteiger partial charge in [-0.25, -0.2) is 4.98 Å². The van der Waals surface area contributed by atoms with Crippen molar-refractivity contribution in [1.29, 1.82) is 0 Å². The number of rotatable bonds is 4. The van der Waals surface area contributed by atoms with Crippen molar-refractivity contribution in [2.24, 2.45) is 0 Å². The predicted molar refractivity (Wildman–Crippen MR) is 62.2 cm³/mol. The van der Waals surface area contributed by atoms with E-state index in [4.69, 9.17) is 6.42 Å². The van der Waals surface area contributed by atoms with Gasteiger partial charge in [-0.1, -0.05) is 12.8 Å². The number of aromatic nitrogens is 1. The zero-order valence-corrected chi connectivity index (χ0v) is 9.23. The van der Waals surface area contributed by atoms with Crippen LogP contribution in [0.5, 0.6) is 0 Å². The fourth-order valence-electron chi connectivity index (χ4n) is 1.24. The highest BCUT2D eigenvalue weighted by Gasteiger charge is 2.11.